The Morgan fingerprint density at radius 3 is 2.21 bits per heavy atom. The fourth-order valence-electron chi connectivity index (χ4n) is 5.25. The fraction of sp³-hybridized carbons (Fsp3) is 0.231. The number of hydrogen-bond acceptors (Lipinski definition) is 5. The van der Waals surface area contributed by atoms with Gasteiger partial charge in [0.25, 0.3) is 11.8 Å². The van der Waals surface area contributed by atoms with Crippen LogP contribution in [-0.2, 0) is 21.4 Å². The highest BCUT2D eigenvalue weighted by Crippen LogP contribution is 2.40. The zero-order chi connectivity index (χ0) is 23.6. The highest BCUT2D eigenvalue weighted by Gasteiger charge is 2.38. The van der Waals surface area contributed by atoms with E-state index < -0.39 is 30.3 Å². The normalized spacial score (nSPS) is 23.0. The van der Waals surface area contributed by atoms with Crippen molar-refractivity contribution in [2.75, 3.05) is 6.54 Å². The van der Waals surface area contributed by atoms with Gasteiger partial charge in [-0.05, 0) is 12.1 Å². The third kappa shape index (κ3) is 2.96. The Morgan fingerprint density at radius 1 is 0.971 bits per heavy atom. The molecular weight excluding hydrogens is 432 g/mol. The van der Waals surface area contributed by atoms with Gasteiger partial charge in [0, 0.05) is 59.8 Å². The molecule has 6 rings (SSSR count). The smallest absolute Gasteiger partial charge is 0.259 e. The maximum atomic E-state index is 13.1. The van der Waals surface area contributed by atoms with E-state index in [9.17, 15) is 14.7 Å². The molecule has 2 aromatic heterocycles. The van der Waals surface area contributed by atoms with Gasteiger partial charge in [-0.15, -0.1) is 0 Å². The summed E-state index contributed by atoms with van der Waals surface area (Å²) in [6, 6.07) is 15.5. The van der Waals surface area contributed by atoms with Crippen molar-refractivity contribution < 1.29 is 19.4 Å². The summed E-state index contributed by atoms with van der Waals surface area (Å²) in [7, 11) is 1.92. The molecule has 1 fully saturated rings. The first-order valence-corrected chi connectivity index (χ1v) is 11.3. The number of aryl methyl sites for hydroxylation is 1. The molecule has 0 radical (unpaired) electrons. The van der Waals surface area contributed by atoms with Gasteiger partial charge in [0.1, 0.15) is 6.23 Å². The molecule has 4 aromatic rings. The molecule has 3 atom stereocenters. The molecule has 2 aliphatic heterocycles. The SMILES string of the molecule is Cn1cc(C2=C(c3cn([C@H]4C[C@H](O)[C@@H](CN)O4)c4ccccc34)C(=O)NC2=O)c2ccccc21. The number of carbonyl (C=O) groups excluding carboxylic acids is 2. The van der Waals surface area contributed by atoms with E-state index in [1.807, 2.05) is 77.1 Å². The number of imide groups is 1. The standard InChI is InChI=1S/C26H24N4O4/c1-29-12-16(14-6-2-4-8-18(14)29)23-24(26(33)28-25(23)32)17-13-30(19-9-5-3-7-15(17)19)22-10-20(31)21(11-27)34-22/h2-9,12-13,20-22,31H,10-11,27H2,1H3,(H,28,32,33)/t20-,21+,22+/m0/s1. The van der Waals surface area contributed by atoms with Gasteiger partial charge < -0.3 is 24.7 Å². The molecular formula is C26H24N4O4. The number of nitrogens with one attached hydrogen (secondary N) is 1. The number of nitrogens with zero attached hydrogens (tertiary/aromatic N) is 2. The number of benzene rings is 2. The van der Waals surface area contributed by atoms with Gasteiger partial charge in [-0.2, -0.15) is 0 Å². The van der Waals surface area contributed by atoms with Crippen molar-refractivity contribution in [1.29, 1.82) is 0 Å². The summed E-state index contributed by atoms with van der Waals surface area (Å²) in [5, 5.41) is 14.6. The summed E-state index contributed by atoms with van der Waals surface area (Å²) in [5.41, 5.74) is 9.63. The molecule has 0 aliphatic carbocycles. The van der Waals surface area contributed by atoms with E-state index in [1.165, 1.54) is 0 Å². The molecule has 172 valence electrons. The minimum Gasteiger partial charge on any atom is -0.390 e. The third-order valence-electron chi connectivity index (χ3n) is 6.85. The minimum atomic E-state index is -0.665. The Balaban J connectivity index is 1.59. The molecule has 2 amide bonds. The maximum absolute atomic E-state index is 13.1. The molecule has 34 heavy (non-hydrogen) atoms. The average molecular weight is 457 g/mol. The van der Waals surface area contributed by atoms with Crippen molar-refractivity contribution in [3.05, 3.63) is 72.1 Å². The number of rotatable bonds is 4. The highest BCUT2D eigenvalue weighted by molar-refractivity contribution is 6.50. The molecule has 0 saturated carbocycles. The average Bonchev–Trinajstić information content (AvgIpc) is 3.56. The van der Waals surface area contributed by atoms with E-state index >= 15 is 0 Å². The second-order valence-corrected chi connectivity index (χ2v) is 8.84. The molecule has 0 bridgehead atoms. The molecule has 0 unspecified atom stereocenters. The number of aliphatic hydroxyl groups is 1. The summed E-state index contributed by atoms with van der Waals surface area (Å²) in [5.74, 6) is -0.841. The lowest BCUT2D eigenvalue weighted by molar-refractivity contribution is -0.122. The minimum absolute atomic E-state index is 0.219. The molecule has 4 heterocycles. The second kappa shape index (κ2) is 7.66. The van der Waals surface area contributed by atoms with Crippen LogP contribution in [0.1, 0.15) is 23.8 Å². The summed E-state index contributed by atoms with van der Waals surface area (Å²) in [6.45, 7) is 0.219. The number of ether oxygens (including phenoxy) is 1. The van der Waals surface area contributed by atoms with E-state index in [2.05, 4.69) is 5.32 Å². The monoisotopic (exact) mass is 456 g/mol. The quantitative estimate of drug-likeness (QED) is 0.408. The van der Waals surface area contributed by atoms with Crippen LogP contribution in [0.5, 0.6) is 0 Å². The Kier molecular flexibility index (Phi) is 4.70. The Bertz CT molecular complexity index is 1510. The van der Waals surface area contributed by atoms with E-state index in [4.69, 9.17) is 10.5 Å². The number of nitrogens with two attached hydrogens (primary N) is 1. The lowest BCUT2D eigenvalue weighted by atomic mass is 9.95. The predicted molar refractivity (Wildman–Crippen MR) is 128 cm³/mol. The largest absolute Gasteiger partial charge is 0.390 e. The number of hydrogen-bond donors (Lipinski definition) is 3. The summed E-state index contributed by atoms with van der Waals surface area (Å²) in [6.07, 6.45) is 2.58. The number of aliphatic hydroxyl groups excluding tert-OH is 1. The number of para-hydroxylation sites is 2. The predicted octanol–water partition coefficient (Wildman–Crippen LogP) is 2.31. The first-order valence-electron chi connectivity index (χ1n) is 11.3. The van der Waals surface area contributed by atoms with Crippen LogP contribution in [0.15, 0.2) is 60.9 Å². The van der Waals surface area contributed by atoms with E-state index in [0.29, 0.717) is 28.7 Å². The van der Waals surface area contributed by atoms with Crippen LogP contribution >= 0.6 is 0 Å². The maximum Gasteiger partial charge on any atom is 0.259 e. The Labute approximate surface area is 195 Å². The van der Waals surface area contributed by atoms with Crippen molar-refractivity contribution in [1.82, 2.24) is 14.5 Å². The van der Waals surface area contributed by atoms with Crippen molar-refractivity contribution in [3.63, 3.8) is 0 Å². The van der Waals surface area contributed by atoms with Crippen LogP contribution in [0.25, 0.3) is 33.0 Å². The molecule has 8 heteroatoms. The molecule has 4 N–H and O–H groups in total. The van der Waals surface area contributed by atoms with Crippen LogP contribution in [-0.4, -0.2) is 44.8 Å². The summed E-state index contributed by atoms with van der Waals surface area (Å²) < 4.78 is 9.89. The van der Waals surface area contributed by atoms with Crippen molar-refractivity contribution >= 4 is 44.8 Å². The van der Waals surface area contributed by atoms with Crippen LogP contribution < -0.4 is 11.1 Å². The molecule has 1 saturated heterocycles. The third-order valence-corrected chi connectivity index (χ3v) is 6.85. The lowest BCUT2D eigenvalue weighted by Crippen LogP contribution is -2.29. The number of aromatic nitrogens is 2. The van der Waals surface area contributed by atoms with Crippen LogP contribution in [0, 0.1) is 0 Å². The van der Waals surface area contributed by atoms with Crippen molar-refractivity contribution in [2.45, 2.75) is 24.9 Å². The van der Waals surface area contributed by atoms with Gasteiger partial charge in [-0.25, -0.2) is 0 Å². The van der Waals surface area contributed by atoms with E-state index in [0.717, 1.165) is 21.8 Å². The first-order chi connectivity index (χ1) is 16.5. The van der Waals surface area contributed by atoms with Crippen LogP contribution in [0.4, 0.5) is 0 Å². The zero-order valence-electron chi connectivity index (χ0n) is 18.6. The molecule has 8 nitrogen and oxygen atoms in total. The number of amides is 2. The van der Waals surface area contributed by atoms with Gasteiger partial charge in [0.05, 0.1) is 28.9 Å². The van der Waals surface area contributed by atoms with Crippen molar-refractivity contribution in [2.24, 2.45) is 12.8 Å². The number of carbonyl (C=O) groups is 2. The number of fused-ring (bicyclic) bond motifs is 2. The molecule has 2 aromatic carbocycles. The molecule has 2 aliphatic rings. The summed E-state index contributed by atoms with van der Waals surface area (Å²) >= 11 is 0. The van der Waals surface area contributed by atoms with Gasteiger partial charge in [0.15, 0.2) is 0 Å². The summed E-state index contributed by atoms with van der Waals surface area (Å²) in [4.78, 5) is 26.2. The fourth-order valence-corrected chi connectivity index (χ4v) is 5.25. The highest BCUT2D eigenvalue weighted by atomic mass is 16.5. The first kappa shape index (κ1) is 20.9. The molecule has 0 spiro atoms. The van der Waals surface area contributed by atoms with Gasteiger partial charge in [0.2, 0.25) is 0 Å². The van der Waals surface area contributed by atoms with Gasteiger partial charge >= 0.3 is 0 Å². The zero-order valence-corrected chi connectivity index (χ0v) is 18.6. The van der Waals surface area contributed by atoms with Gasteiger partial charge in [-0.3, -0.25) is 14.9 Å². The topological polar surface area (TPSA) is 112 Å². The van der Waals surface area contributed by atoms with Gasteiger partial charge in [-0.1, -0.05) is 36.4 Å². The van der Waals surface area contributed by atoms with Crippen molar-refractivity contribution in [3.8, 4) is 0 Å². The second-order valence-electron chi connectivity index (χ2n) is 8.84. The van der Waals surface area contributed by atoms with E-state index in [1.54, 1.807) is 0 Å². The van der Waals surface area contributed by atoms with Crippen LogP contribution in [0.3, 0.4) is 0 Å². The Hall–Kier alpha value is -3.72. The lowest BCUT2D eigenvalue weighted by Gasteiger charge is -2.15. The Morgan fingerprint density at radius 2 is 1.56 bits per heavy atom. The van der Waals surface area contributed by atoms with Crippen LogP contribution in [0.2, 0.25) is 0 Å². The van der Waals surface area contributed by atoms with E-state index in [-0.39, 0.29) is 6.54 Å².